The number of hydrogen-bond acceptors (Lipinski definition) is 3. The molecule has 2 aromatic rings. The summed E-state index contributed by atoms with van der Waals surface area (Å²) in [4.78, 5) is 14.1. The van der Waals surface area contributed by atoms with Gasteiger partial charge >= 0.3 is 6.09 Å². The van der Waals surface area contributed by atoms with Crippen LogP contribution in [-0.2, 0) is 15.7 Å². The molecule has 1 fully saturated rings. The maximum atomic E-state index is 12.3. The molecular weight excluding hydrogens is 403 g/mol. The SMILES string of the molecule is Cc1ccc(C(C)N2CCC(CCCNS(C)=O)OC2=O)cc1.Fc1ccccc1. The third kappa shape index (κ3) is 8.24. The van der Waals surface area contributed by atoms with Crippen LogP contribution in [-0.4, -0.2) is 40.7 Å². The first-order valence-corrected chi connectivity index (χ1v) is 11.7. The number of rotatable bonds is 7. The molecule has 0 spiro atoms. The lowest BCUT2D eigenvalue weighted by Crippen LogP contribution is -2.43. The molecule has 3 atom stereocenters. The zero-order valence-electron chi connectivity index (χ0n) is 17.8. The summed E-state index contributed by atoms with van der Waals surface area (Å²) in [6.45, 7) is 5.48. The second kappa shape index (κ2) is 12.4. The highest BCUT2D eigenvalue weighted by Gasteiger charge is 2.30. The van der Waals surface area contributed by atoms with Crippen molar-refractivity contribution in [2.75, 3.05) is 19.3 Å². The average molecular weight is 435 g/mol. The van der Waals surface area contributed by atoms with Gasteiger partial charge in [-0.15, -0.1) is 0 Å². The highest BCUT2D eigenvalue weighted by Crippen LogP contribution is 2.26. The van der Waals surface area contributed by atoms with Crippen LogP contribution in [0.4, 0.5) is 9.18 Å². The Kier molecular flexibility index (Phi) is 9.97. The Morgan fingerprint density at radius 2 is 1.87 bits per heavy atom. The van der Waals surface area contributed by atoms with Crippen molar-refractivity contribution in [2.45, 2.75) is 45.3 Å². The van der Waals surface area contributed by atoms with Gasteiger partial charge in [-0.3, -0.25) is 0 Å². The molecule has 1 aliphatic heterocycles. The van der Waals surface area contributed by atoms with Crippen LogP contribution >= 0.6 is 0 Å². The summed E-state index contributed by atoms with van der Waals surface area (Å²) in [6, 6.07) is 16.2. The van der Waals surface area contributed by atoms with Gasteiger partial charge in [-0.2, -0.15) is 0 Å². The Bertz CT molecular complexity index is 802. The lowest BCUT2D eigenvalue weighted by molar-refractivity contribution is 0.00942. The molecule has 3 rings (SSSR count). The summed E-state index contributed by atoms with van der Waals surface area (Å²) in [7, 11) is -0.980. The van der Waals surface area contributed by atoms with Crippen molar-refractivity contribution in [1.82, 2.24) is 9.62 Å². The molecule has 0 aliphatic carbocycles. The monoisotopic (exact) mass is 434 g/mol. The number of cyclic esters (lactones) is 1. The third-order valence-electron chi connectivity index (χ3n) is 4.96. The number of carbonyl (C=O) groups excluding carboxylic acids is 1. The molecule has 5 nitrogen and oxygen atoms in total. The molecule has 3 unspecified atom stereocenters. The van der Waals surface area contributed by atoms with Crippen LogP contribution in [0.3, 0.4) is 0 Å². The van der Waals surface area contributed by atoms with Crippen molar-refractivity contribution in [3.05, 3.63) is 71.5 Å². The zero-order valence-corrected chi connectivity index (χ0v) is 18.7. The van der Waals surface area contributed by atoms with Crippen molar-refractivity contribution in [1.29, 1.82) is 0 Å². The van der Waals surface area contributed by atoms with Crippen molar-refractivity contribution in [3.63, 3.8) is 0 Å². The second-order valence-electron chi connectivity index (χ2n) is 7.36. The highest BCUT2D eigenvalue weighted by atomic mass is 32.2. The summed E-state index contributed by atoms with van der Waals surface area (Å²) in [5, 5.41) is 0. The molecule has 0 aromatic heterocycles. The van der Waals surface area contributed by atoms with Crippen molar-refractivity contribution in [3.8, 4) is 0 Å². The fourth-order valence-corrected chi connectivity index (χ4v) is 3.62. The number of benzene rings is 2. The summed E-state index contributed by atoms with van der Waals surface area (Å²) < 4.78 is 31.3. The van der Waals surface area contributed by atoms with Gasteiger partial charge in [-0.25, -0.2) is 18.1 Å². The summed E-state index contributed by atoms with van der Waals surface area (Å²) in [5.41, 5.74) is 2.34. The molecule has 7 heteroatoms. The number of carbonyl (C=O) groups is 1. The first-order chi connectivity index (χ1) is 14.4. The van der Waals surface area contributed by atoms with E-state index >= 15 is 0 Å². The summed E-state index contributed by atoms with van der Waals surface area (Å²) in [5.74, 6) is -0.178. The molecule has 1 saturated heterocycles. The zero-order chi connectivity index (χ0) is 21.9. The van der Waals surface area contributed by atoms with E-state index in [0.717, 1.165) is 24.8 Å². The van der Waals surface area contributed by atoms with Gasteiger partial charge in [-0.05, 0) is 44.4 Å². The largest absolute Gasteiger partial charge is 0.446 e. The van der Waals surface area contributed by atoms with Crippen LogP contribution in [0, 0.1) is 12.7 Å². The molecule has 1 N–H and O–H groups in total. The first-order valence-electron chi connectivity index (χ1n) is 10.2. The predicted octanol–water partition coefficient (Wildman–Crippen LogP) is 4.76. The minimum Gasteiger partial charge on any atom is -0.446 e. The topological polar surface area (TPSA) is 58.6 Å². The lowest BCUT2D eigenvalue weighted by Gasteiger charge is -2.36. The van der Waals surface area contributed by atoms with Crippen molar-refractivity contribution >= 4 is 17.1 Å². The van der Waals surface area contributed by atoms with E-state index in [-0.39, 0.29) is 24.1 Å². The third-order valence-corrected chi connectivity index (χ3v) is 5.57. The van der Waals surface area contributed by atoms with Gasteiger partial charge in [0.1, 0.15) is 11.9 Å². The van der Waals surface area contributed by atoms with Crippen LogP contribution in [0.5, 0.6) is 0 Å². The maximum absolute atomic E-state index is 12.3. The number of nitrogens with one attached hydrogen (secondary N) is 1. The fraction of sp³-hybridized carbons (Fsp3) is 0.435. The Balaban J connectivity index is 0.000000386. The van der Waals surface area contributed by atoms with Gasteiger partial charge in [0.25, 0.3) is 0 Å². The van der Waals surface area contributed by atoms with Crippen LogP contribution < -0.4 is 4.72 Å². The number of hydrogen-bond donors (Lipinski definition) is 1. The van der Waals surface area contributed by atoms with E-state index < -0.39 is 11.0 Å². The predicted molar refractivity (Wildman–Crippen MR) is 119 cm³/mol. The minimum absolute atomic E-state index is 0.0215. The van der Waals surface area contributed by atoms with Gasteiger partial charge in [0, 0.05) is 25.8 Å². The maximum Gasteiger partial charge on any atom is 0.410 e. The Labute approximate surface area is 181 Å². The van der Waals surface area contributed by atoms with Gasteiger partial charge in [0.15, 0.2) is 0 Å². The molecule has 2 aromatic carbocycles. The molecule has 164 valence electrons. The smallest absolute Gasteiger partial charge is 0.410 e. The fourth-order valence-electron chi connectivity index (χ4n) is 3.18. The molecular formula is C23H31FN2O3S. The molecule has 1 aliphatic rings. The Morgan fingerprint density at radius 1 is 1.20 bits per heavy atom. The summed E-state index contributed by atoms with van der Waals surface area (Å²) >= 11 is 0. The second-order valence-corrected chi connectivity index (χ2v) is 8.56. The van der Waals surface area contributed by atoms with Crippen molar-refractivity contribution < 1.29 is 18.1 Å². The molecule has 30 heavy (non-hydrogen) atoms. The van der Waals surface area contributed by atoms with Gasteiger partial charge in [0.05, 0.1) is 17.0 Å². The van der Waals surface area contributed by atoms with Crippen LogP contribution in [0.1, 0.15) is 43.4 Å². The van der Waals surface area contributed by atoms with E-state index in [2.05, 4.69) is 35.9 Å². The highest BCUT2D eigenvalue weighted by molar-refractivity contribution is 7.82. The number of ether oxygens (including phenoxy) is 1. The van der Waals surface area contributed by atoms with E-state index in [4.69, 9.17) is 4.74 Å². The summed E-state index contributed by atoms with van der Waals surface area (Å²) in [6.07, 6.45) is 3.85. The quantitative estimate of drug-likeness (QED) is 0.640. The van der Waals surface area contributed by atoms with Crippen LogP contribution in [0.15, 0.2) is 54.6 Å². The average Bonchev–Trinajstić information content (AvgIpc) is 2.72. The number of aryl methyl sites for hydroxylation is 1. The van der Waals surface area contributed by atoms with Gasteiger partial charge in [-0.1, -0.05) is 48.0 Å². The van der Waals surface area contributed by atoms with Gasteiger partial charge < -0.3 is 9.64 Å². The van der Waals surface area contributed by atoms with E-state index in [1.165, 1.54) is 17.7 Å². The molecule has 1 heterocycles. The minimum atomic E-state index is -0.980. The molecule has 0 saturated carbocycles. The van der Waals surface area contributed by atoms with E-state index in [0.29, 0.717) is 13.1 Å². The number of nitrogens with zero attached hydrogens (tertiary/aromatic N) is 1. The Morgan fingerprint density at radius 3 is 2.40 bits per heavy atom. The number of amides is 1. The lowest BCUT2D eigenvalue weighted by atomic mass is 10.0. The molecule has 1 amide bonds. The standard InChI is InChI=1S/C17H26N2O3S.C6H5F/c1-13-6-8-15(9-7-13)14(2)19-12-10-16(22-17(19)20)5-4-11-18-23(3)21;7-6-4-2-1-3-5-6/h6-9,14,16,18H,4-5,10-12H2,1-3H3;1-5H. The molecule has 0 radical (unpaired) electrons. The normalized spacial score (nSPS) is 18.1. The van der Waals surface area contributed by atoms with Crippen LogP contribution in [0.2, 0.25) is 0 Å². The Hall–Kier alpha value is -2.25. The number of halogens is 1. The van der Waals surface area contributed by atoms with Crippen LogP contribution in [0.25, 0.3) is 0 Å². The van der Waals surface area contributed by atoms with E-state index in [9.17, 15) is 13.4 Å². The first kappa shape index (κ1) is 24.0. The molecule has 0 bridgehead atoms. The van der Waals surface area contributed by atoms with Crippen molar-refractivity contribution in [2.24, 2.45) is 0 Å². The van der Waals surface area contributed by atoms with E-state index in [1.54, 1.807) is 29.4 Å². The van der Waals surface area contributed by atoms with E-state index in [1.807, 2.05) is 6.92 Å². The van der Waals surface area contributed by atoms with Gasteiger partial charge in [0.2, 0.25) is 0 Å².